The van der Waals surface area contributed by atoms with Crippen molar-refractivity contribution in [3.63, 3.8) is 0 Å². The van der Waals surface area contributed by atoms with E-state index in [2.05, 4.69) is 0 Å². The van der Waals surface area contributed by atoms with E-state index in [0.29, 0.717) is 21.2 Å². The van der Waals surface area contributed by atoms with Gasteiger partial charge in [0, 0.05) is 38.0 Å². The molecule has 0 radical (unpaired) electrons. The number of aromatic carboxylic acids is 1. The summed E-state index contributed by atoms with van der Waals surface area (Å²) in [6.07, 6.45) is 0. The van der Waals surface area contributed by atoms with Crippen LogP contribution in [0.1, 0.15) is 26.3 Å². The molecule has 14 nitrogen and oxygen atoms in total. The number of nitro benzene ring substituents is 1. The summed E-state index contributed by atoms with van der Waals surface area (Å²) in [5, 5.41) is 30.1. The largest absolute Gasteiger partial charge is 0.479 e. The lowest BCUT2D eigenvalue weighted by Crippen LogP contribution is -2.15. The van der Waals surface area contributed by atoms with E-state index in [1.54, 1.807) is 43.3 Å². The Morgan fingerprint density at radius 2 is 1.23 bits per heavy atom. The molecule has 272 valence electrons. The number of hydrogen-bond donors (Lipinski definition) is 3. The number of benzene rings is 4. The predicted molar refractivity (Wildman–Crippen MR) is 199 cm³/mol. The molecular formula is C37H30N2O12S2. The van der Waals surface area contributed by atoms with Gasteiger partial charge in [0.2, 0.25) is 0 Å². The molecule has 2 aromatic heterocycles. The van der Waals surface area contributed by atoms with Gasteiger partial charge >= 0.3 is 23.9 Å². The van der Waals surface area contributed by atoms with Crippen molar-refractivity contribution in [3.8, 4) is 33.8 Å². The second-order valence-electron chi connectivity index (χ2n) is 10.9. The van der Waals surface area contributed by atoms with Crippen LogP contribution in [0.15, 0.2) is 84.9 Å². The molecule has 53 heavy (non-hydrogen) atoms. The molecule has 6 rings (SSSR count). The highest BCUT2D eigenvalue weighted by molar-refractivity contribution is 7.21. The minimum atomic E-state index is -1.16. The number of rotatable bonds is 12. The van der Waals surface area contributed by atoms with Crippen molar-refractivity contribution < 1.29 is 53.3 Å². The lowest BCUT2D eigenvalue weighted by molar-refractivity contribution is -0.384. The molecule has 0 aliphatic rings. The van der Waals surface area contributed by atoms with Gasteiger partial charge in [0.05, 0.1) is 18.6 Å². The molecule has 0 bridgehead atoms. The van der Waals surface area contributed by atoms with Crippen LogP contribution in [0.3, 0.4) is 0 Å². The van der Waals surface area contributed by atoms with E-state index in [9.17, 15) is 34.4 Å². The summed E-state index contributed by atoms with van der Waals surface area (Å²) in [5.74, 6) is -3.06. The number of ether oxygens (including phenoxy) is 4. The van der Waals surface area contributed by atoms with E-state index < -0.39 is 35.4 Å². The van der Waals surface area contributed by atoms with Gasteiger partial charge in [-0.05, 0) is 77.7 Å². The molecule has 0 saturated heterocycles. The lowest BCUT2D eigenvalue weighted by atomic mass is 10.0. The number of thiophene rings is 2. The smallest absolute Gasteiger partial charge is 0.351 e. The zero-order valence-corrected chi connectivity index (χ0v) is 29.7. The van der Waals surface area contributed by atoms with E-state index in [-0.39, 0.29) is 40.2 Å². The quantitative estimate of drug-likeness (QED) is 0.0477. The number of nitrogens with zero attached hydrogens (tertiary/aromatic N) is 1. The number of anilines is 1. The van der Waals surface area contributed by atoms with E-state index in [1.165, 1.54) is 30.6 Å². The van der Waals surface area contributed by atoms with Crippen molar-refractivity contribution in [1.82, 2.24) is 0 Å². The lowest BCUT2D eigenvalue weighted by Gasteiger charge is -2.07. The van der Waals surface area contributed by atoms with Crippen molar-refractivity contribution in [2.45, 2.75) is 6.92 Å². The van der Waals surface area contributed by atoms with Gasteiger partial charge in [0.25, 0.3) is 5.69 Å². The van der Waals surface area contributed by atoms with Gasteiger partial charge in [-0.2, -0.15) is 0 Å². The number of methoxy groups -OCH3 is 1. The Hall–Kier alpha value is -6.52. The van der Waals surface area contributed by atoms with E-state index in [1.807, 2.05) is 36.4 Å². The average Bonchev–Trinajstić information content (AvgIpc) is 3.71. The van der Waals surface area contributed by atoms with Gasteiger partial charge in [0.15, 0.2) is 34.5 Å². The number of carboxylic acids is 2. The Kier molecular flexibility index (Phi) is 11.9. The Balaban J connectivity index is 0.000000208. The number of carboxylic acid groups (broad SMARTS) is 2. The molecule has 0 spiro atoms. The summed E-state index contributed by atoms with van der Waals surface area (Å²) in [5.41, 5.74) is 9.82. The minimum Gasteiger partial charge on any atom is -0.479 e. The van der Waals surface area contributed by atoms with Crippen LogP contribution < -0.4 is 15.2 Å². The highest BCUT2D eigenvalue weighted by atomic mass is 32.1. The van der Waals surface area contributed by atoms with Crippen molar-refractivity contribution in [1.29, 1.82) is 0 Å². The number of non-ortho nitro benzene ring substituents is 1. The first kappa shape index (κ1) is 37.7. The van der Waals surface area contributed by atoms with Gasteiger partial charge in [-0.3, -0.25) is 10.1 Å². The number of nitro groups is 1. The molecule has 0 aliphatic heterocycles. The van der Waals surface area contributed by atoms with E-state index in [4.69, 9.17) is 29.8 Å². The summed E-state index contributed by atoms with van der Waals surface area (Å²) >= 11 is 2.23. The third kappa shape index (κ3) is 8.87. The number of aliphatic carboxylic acids is 1. The molecule has 6 aromatic rings. The van der Waals surface area contributed by atoms with Crippen LogP contribution in [0.5, 0.6) is 11.5 Å². The summed E-state index contributed by atoms with van der Waals surface area (Å²) in [6, 6.07) is 24.4. The highest BCUT2D eigenvalue weighted by Gasteiger charge is 2.23. The number of hydrogen-bond acceptors (Lipinski definition) is 13. The fraction of sp³-hybridized carbons (Fsp3) is 0.135. The normalized spacial score (nSPS) is 10.6. The third-order valence-corrected chi connectivity index (χ3v) is 9.72. The number of nitrogen functional groups attached to an aromatic ring is 1. The third-order valence-electron chi connectivity index (χ3n) is 7.49. The summed E-state index contributed by atoms with van der Waals surface area (Å²) in [4.78, 5) is 56.5. The van der Waals surface area contributed by atoms with Crippen LogP contribution in [-0.2, 0) is 19.1 Å². The molecule has 16 heteroatoms. The van der Waals surface area contributed by atoms with Gasteiger partial charge in [-0.15, -0.1) is 22.7 Å². The summed E-state index contributed by atoms with van der Waals surface area (Å²) in [6.45, 7) is 1.01. The maximum absolute atomic E-state index is 12.2. The van der Waals surface area contributed by atoms with Crippen LogP contribution in [0, 0.1) is 10.1 Å². The number of esters is 2. The topological polar surface area (TPSA) is 215 Å². The molecule has 0 saturated carbocycles. The first-order valence-corrected chi connectivity index (χ1v) is 17.2. The molecule has 2 heterocycles. The van der Waals surface area contributed by atoms with Crippen LogP contribution in [0.2, 0.25) is 0 Å². The maximum atomic E-state index is 12.2. The van der Waals surface area contributed by atoms with Crippen molar-refractivity contribution in [2.75, 3.05) is 32.7 Å². The van der Waals surface area contributed by atoms with Crippen LogP contribution >= 0.6 is 22.7 Å². The number of nitrogens with two attached hydrogens (primary N) is 1. The predicted octanol–water partition coefficient (Wildman–Crippen LogP) is 7.52. The number of carbonyl (C=O) groups excluding carboxylic acids is 2. The Bertz CT molecular complexity index is 2330. The molecule has 4 aromatic carbocycles. The molecule has 0 amide bonds. The first-order valence-electron chi connectivity index (χ1n) is 15.6. The van der Waals surface area contributed by atoms with E-state index in [0.717, 1.165) is 38.3 Å². The van der Waals surface area contributed by atoms with Crippen molar-refractivity contribution in [2.24, 2.45) is 0 Å². The van der Waals surface area contributed by atoms with Gasteiger partial charge in [0.1, 0.15) is 0 Å². The standard InChI is InChI=1S/C20H17NO7S.C17H13NO5S/c1-3-27-17(22)11-28-18-15-9-6-13(10-16(15)29-19(18)20(23)26-2)12-4-7-14(8-5-12)21(24)25;18-11-4-1-9(2-5-11)10-3-6-12-13(7-10)24-16(17(21)22)15(12)23-8-14(19)20/h4-10H,3,11H2,1-2H3;1-7H,8,18H2,(H,19,20)(H,21,22). The minimum absolute atomic E-state index is 0.00795. The van der Waals surface area contributed by atoms with Crippen molar-refractivity contribution >= 4 is 78.1 Å². The second kappa shape index (κ2) is 16.7. The van der Waals surface area contributed by atoms with Crippen LogP contribution in [0.4, 0.5) is 11.4 Å². The molecule has 0 atom stereocenters. The zero-order valence-electron chi connectivity index (χ0n) is 28.0. The van der Waals surface area contributed by atoms with Gasteiger partial charge in [-0.1, -0.05) is 24.3 Å². The van der Waals surface area contributed by atoms with Crippen LogP contribution in [0.25, 0.3) is 42.4 Å². The summed E-state index contributed by atoms with van der Waals surface area (Å²) in [7, 11) is 1.27. The number of carbonyl (C=O) groups is 4. The molecule has 4 N–H and O–H groups in total. The van der Waals surface area contributed by atoms with Gasteiger partial charge < -0.3 is 34.9 Å². The van der Waals surface area contributed by atoms with Gasteiger partial charge in [-0.25, -0.2) is 19.2 Å². The first-order chi connectivity index (χ1) is 25.4. The SMILES string of the molecule is CCOC(=O)COc1c(C(=O)OC)sc2cc(-c3ccc([N+](=O)[O-])cc3)ccc12.Nc1ccc(-c2ccc3c(OCC(=O)O)c(C(=O)O)sc3c2)cc1. The second-order valence-corrected chi connectivity index (χ2v) is 13.0. The Morgan fingerprint density at radius 1 is 0.736 bits per heavy atom. The molecular weight excluding hydrogens is 729 g/mol. The Labute approximate surface area is 308 Å². The van der Waals surface area contributed by atoms with Crippen molar-refractivity contribution in [3.05, 3.63) is 105 Å². The maximum Gasteiger partial charge on any atom is 0.351 e. The fourth-order valence-corrected chi connectivity index (χ4v) is 7.21. The van der Waals surface area contributed by atoms with Crippen LogP contribution in [-0.4, -0.2) is 65.9 Å². The molecule has 0 unspecified atom stereocenters. The van der Waals surface area contributed by atoms with E-state index >= 15 is 0 Å². The fourth-order valence-electron chi connectivity index (χ4n) is 5.08. The number of fused-ring (bicyclic) bond motifs is 2. The average molecular weight is 759 g/mol. The highest BCUT2D eigenvalue weighted by Crippen LogP contribution is 2.41. The molecule has 0 aliphatic carbocycles. The molecule has 0 fully saturated rings. The summed E-state index contributed by atoms with van der Waals surface area (Å²) < 4.78 is 21.9. The zero-order chi connectivity index (χ0) is 38.2. The monoisotopic (exact) mass is 758 g/mol. The Morgan fingerprint density at radius 3 is 1.72 bits per heavy atom.